The summed E-state index contributed by atoms with van der Waals surface area (Å²) in [6.45, 7) is 4.50. The lowest BCUT2D eigenvalue weighted by Crippen LogP contribution is -2.38. The molecule has 0 amide bonds. The second kappa shape index (κ2) is 10.0. The summed E-state index contributed by atoms with van der Waals surface area (Å²) < 4.78 is 5.87. The first-order valence-electron chi connectivity index (χ1n) is 10.2. The Kier molecular flexibility index (Phi) is 6.96. The monoisotopic (exact) mass is 408 g/mol. The molecule has 0 aliphatic carbocycles. The van der Waals surface area contributed by atoms with Gasteiger partial charge in [0, 0.05) is 37.6 Å². The largest absolute Gasteiger partial charge is 0.491 e. The zero-order valence-electron chi connectivity index (χ0n) is 16.6. The number of β-amino-alcohol motifs (C(OH)–C–C–N with tert-alkyl or cyclic N) is 1. The van der Waals surface area contributed by atoms with Gasteiger partial charge in [0.25, 0.3) is 0 Å². The molecule has 0 saturated carbocycles. The molecule has 0 fully saturated rings. The summed E-state index contributed by atoms with van der Waals surface area (Å²) in [5.41, 5.74) is 3.98. The number of fused-ring (bicyclic) bond motifs is 1. The van der Waals surface area contributed by atoms with Crippen molar-refractivity contribution in [2.24, 2.45) is 0 Å². The Morgan fingerprint density at radius 2 is 1.93 bits per heavy atom. The van der Waals surface area contributed by atoms with Crippen molar-refractivity contribution in [2.75, 3.05) is 19.7 Å². The lowest BCUT2D eigenvalue weighted by Gasteiger charge is -2.30. The van der Waals surface area contributed by atoms with E-state index in [1.165, 1.54) is 21.6 Å². The van der Waals surface area contributed by atoms with Gasteiger partial charge in [0.05, 0.1) is 0 Å². The maximum atomic E-state index is 10.4. The van der Waals surface area contributed by atoms with Crippen LogP contribution in [0, 0.1) is 0 Å². The molecule has 29 heavy (non-hydrogen) atoms. The standard InChI is InChI=1S/C24H28N2O2S/c27-22(17-26-11-10-20-6-1-2-7-21(20)16-26)18-28-23-8-3-5-19(13-23)14-25-15-24-9-4-12-29-24/h1-9,12-13,22,25,27H,10-11,14-18H2/t22-/m1/s1. The van der Waals surface area contributed by atoms with E-state index in [-0.39, 0.29) is 0 Å². The number of aliphatic hydroxyl groups excluding tert-OH is 1. The van der Waals surface area contributed by atoms with Crippen LogP contribution in [0.4, 0.5) is 0 Å². The van der Waals surface area contributed by atoms with Crippen molar-refractivity contribution >= 4 is 11.3 Å². The molecule has 152 valence electrons. The van der Waals surface area contributed by atoms with E-state index >= 15 is 0 Å². The van der Waals surface area contributed by atoms with E-state index in [1.54, 1.807) is 11.3 Å². The van der Waals surface area contributed by atoms with Crippen LogP contribution in [-0.2, 0) is 26.1 Å². The third kappa shape index (κ3) is 5.90. The smallest absolute Gasteiger partial charge is 0.119 e. The summed E-state index contributed by atoms with van der Waals surface area (Å²) >= 11 is 1.76. The highest BCUT2D eigenvalue weighted by atomic mass is 32.1. The van der Waals surface area contributed by atoms with Crippen molar-refractivity contribution in [2.45, 2.75) is 32.2 Å². The Labute approximate surface area is 176 Å². The predicted octanol–water partition coefficient (Wildman–Crippen LogP) is 3.84. The fraction of sp³-hybridized carbons (Fsp3) is 0.333. The van der Waals surface area contributed by atoms with Crippen LogP contribution in [0.15, 0.2) is 66.0 Å². The van der Waals surface area contributed by atoms with Crippen LogP contribution < -0.4 is 10.1 Å². The van der Waals surface area contributed by atoms with Gasteiger partial charge in [0.2, 0.25) is 0 Å². The van der Waals surface area contributed by atoms with E-state index in [0.717, 1.165) is 38.3 Å². The van der Waals surface area contributed by atoms with Gasteiger partial charge in [-0.3, -0.25) is 4.90 Å². The molecule has 4 rings (SSSR count). The maximum absolute atomic E-state index is 10.4. The molecule has 5 heteroatoms. The normalized spacial score (nSPS) is 15.1. The molecule has 3 aromatic rings. The van der Waals surface area contributed by atoms with Crippen molar-refractivity contribution in [3.8, 4) is 5.75 Å². The molecule has 0 bridgehead atoms. The Bertz CT molecular complexity index is 897. The summed E-state index contributed by atoms with van der Waals surface area (Å²) in [5.74, 6) is 0.809. The fourth-order valence-electron chi connectivity index (χ4n) is 3.74. The number of nitrogens with one attached hydrogen (secondary N) is 1. The fourth-order valence-corrected chi connectivity index (χ4v) is 4.42. The number of benzene rings is 2. The van der Waals surface area contributed by atoms with Gasteiger partial charge in [-0.15, -0.1) is 11.3 Å². The van der Waals surface area contributed by atoms with Crippen LogP contribution in [0.3, 0.4) is 0 Å². The maximum Gasteiger partial charge on any atom is 0.119 e. The summed E-state index contributed by atoms with van der Waals surface area (Å²) in [7, 11) is 0. The van der Waals surface area contributed by atoms with Gasteiger partial charge in [-0.05, 0) is 46.7 Å². The molecule has 2 heterocycles. The van der Waals surface area contributed by atoms with Gasteiger partial charge >= 0.3 is 0 Å². The molecule has 1 atom stereocenters. The second-order valence-electron chi connectivity index (χ2n) is 7.55. The summed E-state index contributed by atoms with van der Waals surface area (Å²) in [4.78, 5) is 3.64. The Morgan fingerprint density at radius 1 is 1.03 bits per heavy atom. The second-order valence-corrected chi connectivity index (χ2v) is 8.58. The topological polar surface area (TPSA) is 44.7 Å². The molecule has 0 saturated heterocycles. The van der Waals surface area contributed by atoms with Crippen molar-refractivity contribution in [1.29, 1.82) is 0 Å². The zero-order chi connectivity index (χ0) is 19.9. The number of ether oxygens (including phenoxy) is 1. The van der Waals surface area contributed by atoms with Gasteiger partial charge in [0.1, 0.15) is 18.5 Å². The Morgan fingerprint density at radius 3 is 2.79 bits per heavy atom. The lowest BCUT2D eigenvalue weighted by atomic mass is 10.00. The molecular weight excluding hydrogens is 380 g/mol. The van der Waals surface area contributed by atoms with Crippen LogP contribution in [-0.4, -0.2) is 35.8 Å². The molecule has 4 nitrogen and oxygen atoms in total. The highest BCUT2D eigenvalue weighted by Crippen LogP contribution is 2.19. The number of hydrogen-bond acceptors (Lipinski definition) is 5. The van der Waals surface area contributed by atoms with E-state index < -0.39 is 6.10 Å². The van der Waals surface area contributed by atoms with E-state index in [1.807, 2.05) is 18.2 Å². The number of hydrogen-bond donors (Lipinski definition) is 2. The van der Waals surface area contributed by atoms with Gasteiger partial charge < -0.3 is 15.2 Å². The molecule has 1 aliphatic rings. The zero-order valence-corrected chi connectivity index (χ0v) is 17.4. The van der Waals surface area contributed by atoms with Crippen LogP contribution in [0.5, 0.6) is 5.75 Å². The number of nitrogens with zero attached hydrogens (tertiary/aromatic N) is 1. The summed E-state index contributed by atoms with van der Waals surface area (Å²) in [5, 5.41) is 16.0. The van der Waals surface area contributed by atoms with Crippen LogP contribution in [0.2, 0.25) is 0 Å². The van der Waals surface area contributed by atoms with Crippen LogP contribution >= 0.6 is 11.3 Å². The van der Waals surface area contributed by atoms with Gasteiger partial charge in [-0.2, -0.15) is 0 Å². The summed E-state index contributed by atoms with van der Waals surface area (Å²) in [6.07, 6.45) is 0.547. The quantitative estimate of drug-likeness (QED) is 0.565. The highest BCUT2D eigenvalue weighted by molar-refractivity contribution is 7.09. The molecule has 1 aliphatic heterocycles. The first kappa shape index (κ1) is 20.1. The summed E-state index contributed by atoms with van der Waals surface area (Å²) in [6, 6.07) is 20.9. The SMILES string of the molecule is O[C@@H](COc1cccc(CNCc2cccs2)c1)CN1CCc2ccccc2C1. The van der Waals surface area contributed by atoms with Crippen LogP contribution in [0.25, 0.3) is 0 Å². The first-order chi connectivity index (χ1) is 14.3. The molecule has 0 spiro atoms. The third-order valence-corrected chi connectivity index (χ3v) is 6.10. The number of aliphatic hydroxyl groups is 1. The van der Waals surface area contributed by atoms with Crippen molar-refractivity contribution < 1.29 is 9.84 Å². The molecule has 1 aromatic heterocycles. The average molecular weight is 409 g/mol. The minimum absolute atomic E-state index is 0.310. The molecule has 2 N–H and O–H groups in total. The highest BCUT2D eigenvalue weighted by Gasteiger charge is 2.18. The molecule has 2 aromatic carbocycles. The minimum Gasteiger partial charge on any atom is -0.491 e. The minimum atomic E-state index is -0.499. The molecule has 0 unspecified atom stereocenters. The average Bonchev–Trinajstić information content (AvgIpc) is 3.26. The third-order valence-electron chi connectivity index (χ3n) is 5.23. The van der Waals surface area contributed by atoms with Gasteiger partial charge in [-0.1, -0.05) is 42.5 Å². The van der Waals surface area contributed by atoms with Crippen molar-refractivity contribution in [3.63, 3.8) is 0 Å². The molecule has 0 radical (unpaired) electrons. The van der Waals surface area contributed by atoms with Crippen LogP contribution in [0.1, 0.15) is 21.6 Å². The Hall–Kier alpha value is -2.18. The van der Waals surface area contributed by atoms with E-state index in [4.69, 9.17) is 4.74 Å². The van der Waals surface area contributed by atoms with Crippen molar-refractivity contribution in [3.05, 3.63) is 87.6 Å². The first-order valence-corrected chi connectivity index (χ1v) is 11.1. The predicted molar refractivity (Wildman–Crippen MR) is 118 cm³/mol. The lowest BCUT2D eigenvalue weighted by molar-refractivity contribution is 0.0637. The van der Waals surface area contributed by atoms with E-state index in [9.17, 15) is 5.11 Å². The Balaban J connectivity index is 1.21. The van der Waals surface area contributed by atoms with E-state index in [2.05, 4.69) is 58.1 Å². The van der Waals surface area contributed by atoms with E-state index in [0.29, 0.717) is 13.2 Å². The van der Waals surface area contributed by atoms with Gasteiger partial charge in [-0.25, -0.2) is 0 Å². The number of rotatable bonds is 9. The van der Waals surface area contributed by atoms with Crippen molar-refractivity contribution in [1.82, 2.24) is 10.2 Å². The molecular formula is C24H28N2O2S. The van der Waals surface area contributed by atoms with Gasteiger partial charge in [0.15, 0.2) is 0 Å². The number of thiophene rings is 1.